The van der Waals surface area contributed by atoms with Gasteiger partial charge in [-0.2, -0.15) is 0 Å². The van der Waals surface area contributed by atoms with Crippen LogP contribution in [0.25, 0.3) is 0 Å². The molecule has 2 aliphatic heterocycles. The van der Waals surface area contributed by atoms with Gasteiger partial charge in [-0.3, -0.25) is 9.59 Å². The molecule has 2 aromatic carbocycles. The average Bonchev–Trinajstić information content (AvgIpc) is 3.16. The second-order valence-corrected chi connectivity index (χ2v) is 13.4. The third-order valence-electron chi connectivity index (χ3n) is 6.87. The molecule has 1 spiro atoms. The Hall–Kier alpha value is -2.55. The van der Waals surface area contributed by atoms with E-state index in [1.54, 1.807) is 24.1 Å². The lowest BCUT2D eigenvalue weighted by Crippen LogP contribution is -2.45. The van der Waals surface area contributed by atoms with Crippen LogP contribution in [-0.4, -0.2) is 38.0 Å². The largest absolute Gasteiger partial charge is 0.396 e. The van der Waals surface area contributed by atoms with Crippen LogP contribution in [0.1, 0.15) is 31.4 Å². The molecule has 0 radical (unpaired) electrons. The van der Waals surface area contributed by atoms with E-state index in [0.717, 1.165) is 16.8 Å². The number of nitrogens with zero attached hydrogens (tertiary/aromatic N) is 1. The van der Waals surface area contributed by atoms with Crippen molar-refractivity contribution in [3.63, 3.8) is 0 Å². The molecule has 1 fully saturated rings. The summed E-state index contributed by atoms with van der Waals surface area (Å²) in [7, 11) is -3.20. The van der Waals surface area contributed by atoms with E-state index in [1.807, 2.05) is 49.4 Å². The van der Waals surface area contributed by atoms with E-state index in [0.29, 0.717) is 18.7 Å². The van der Waals surface area contributed by atoms with E-state index in [9.17, 15) is 14.7 Å². The Morgan fingerprint density at radius 1 is 1.24 bits per heavy atom. The van der Waals surface area contributed by atoms with Gasteiger partial charge in [-0.25, -0.2) is 0 Å². The van der Waals surface area contributed by atoms with Crippen LogP contribution in [0.3, 0.4) is 0 Å². The molecule has 6 nitrogen and oxygen atoms in total. The molecule has 176 valence electrons. The van der Waals surface area contributed by atoms with Gasteiger partial charge in [-0.15, -0.1) is 0 Å². The number of fused-ring (bicyclic) bond motifs is 2. The highest BCUT2D eigenvalue weighted by atomic mass is 28.4. The van der Waals surface area contributed by atoms with Crippen molar-refractivity contribution in [2.75, 3.05) is 16.8 Å². The predicted octanol–water partition coefficient (Wildman–Crippen LogP) is 4.35. The fourth-order valence-electron chi connectivity index (χ4n) is 5.69. The number of aliphatic hydroxyl groups excluding tert-OH is 1. The molecule has 0 aliphatic carbocycles. The number of rotatable bonds is 6. The number of amides is 2. The Morgan fingerprint density at radius 3 is 2.64 bits per heavy atom. The summed E-state index contributed by atoms with van der Waals surface area (Å²) in [4.78, 5) is 27.2. The predicted molar refractivity (Wildman–Crippen MR) is 128 cm³/mol. The Balaban J connectivity index is 1.75. The number of benzene rings is 2. The first-order chi connectivity index (χ1) is 15.6. The van der Waals surface area contributed by atoms with Crippen molar-refractivity contribution in [2.45, 2.75) is 57.2 Å². The number of hydrogen-bond donors (Lipinski definition) is 2. The molecule has 2 aliphatic rings. The van der Waals surface area contributed by atoms with Gasteiger partial charge in [0, 0.05) is 36.2 Å². The zero-order valence-corrected chi connectivity index (χ0v) is 20.5. The third kappa shape index (κ3) is 4.00. The summed E-state index contributed by atoms with van der Waals surface area (Å²) in [6.45, 7) is 6.84. The fraction of sp³-hybridized carbons (Fsp3) is 0.440. The molecule has 1 saturated heterocycles. The zero-order chi connectivity index (χ0) is 24.0. The van der Waals surface area contributed by atoms with Crippen molar-refractivity contribution in [1.29, 1.82) is 0 Å². The molecule has 33 heavy (non-hydrogen) atoms. The maximum atomic E-state index is 15.5. The fourth-order valence-corrected chi connectivity index (χ4v) is 8.23. The van der Waals surface area contributed by atoms with Crippen molar-refractivity contribution in [3.8, 4) is 0 Å². The molecule has 0 saturated carbocycles. The van der Waals surface area contributed by atoms with Gasteiger partial charge in [0.25, 0.3) is 5.91 Å². The van der Waals surface area contributed by atoms with Crippen LogP contribution in [0.2, 0.25) is 18.6 Å². The summed E-state index contributed by atoms with van der Waals surface area (Å²) in [5.74, 6) is -0.740. The first-order valence-electron chi connectivity index (χ1n) is 11.3. The third-order valence-corrected chi connectivity index (χ3v) is 9.33. The lowest BCUT2D eigenvalue weighted by atomic mass is 9.82. The number of anilines is 2. The Bertz CT molecular complexity index is 1070. The molecule has 2 amide bonds. The van der Waals surface area contributed by atoms with E-state index >= 15 is 4.11 Å². The minimum atomic E-state index is -3.20. The first-order valence-corrected chi connectivity index (χ1v) is 14.3. The highest BCUT2D eigenvalue weighted by molar-refractivity contribution is 6.72. The second kappa shape index (κ2) is 8.66. The minimum Gasteiger partial charge on any atom is -0.396 e. The van der Waals surface area contributed by atoms with Crippen molar-refractivity contribution in [3.05, 3.63) is 59.7 Å². The number of ether oxygens (including phenoxy) is 1. The van der Waals surface area contributed by atoms with Gasteiger partial charge in [0.15, 0.2) is 5.60 Å². The summed E-state index contributed by atoms with van der Waals surface area (Å²) in [5, 5.41) is 12.4. The van der Waals surface area contributed by atoms with Crippen LogP contribution >= 0.6 is 0 Å². The van der Waals surface area contributed by atoms with Gasteiger partial charge in [-0.1, -0.05) is 37.3 Å². The van der Waals surface area contributed by atoms with Gasteiger partial charge in [0.05, 0.1) is 18.3 Å². The van der Waals surface area contributed by atoms with Crippen LogP contribution in [0.15, 0.2) is 48.5 Å². The van der Waals surface area contributed by atoms with E-state index in [4.69, 9.17) is 4.74 Å². The van der Waals surface area contributed by atoms with E-state index in [2.05, 4.69) is 5.32 Å². The van der Waals surface area contributed by atoms with Gasteiger partial charge in [-0.05, 0) is 43.3 Å². The number of nitrogens with one attached hydrogen (secondary N) is 1. The molecular weight excluding hydrogens is 439 g/mol. The number of carbonyl (C=O) groups is 2. The molecule has 4 atom stereocenters. The van der Waals surface area contributed by atoms with Gasteiger partial charge in [0.2, 0.25) is 14.3 Å². The normalized spacial score (nSPS) is 26.7. The first kappa shape index (κ1) is 23.6. The number of aliphatic hydroxyl groups is 1. The zero-order valence-electron chi connectivity index (χ0n) is 19.5. The molecule has 2 heterocycles. The molecule has 2 aromatic rings. The maximum absolute atomic E-state index is 15.5. The van der Waals surface area contributed by atoms with Crippen LogP contribution in [0.4, 0.5) is 15.5 Å². The van der Waals surface area contributed by atoms with Gasteiger partial charge in [0.1, 0.15) is 0 Å². The molecule has 8 heteroatoms. The lowest BCUT2D eigenvalue weighted by Gasteiger charge is -2.31. The van der Waals surface area contributed by atoms with Crippen LogP contribution in [-0.2, 0) is 26.5 Å². The molecule has 0 bridgehead atoms. The number of para-hydroxylation sites is 1. The molecule has 4 rings (SSSR count). The van der Waals surface area contributed by atoms with Crippen molar-refractivity contribution >= 4 is 31.6 Å². The summed E-state index contributed by atoms with van der Waals surface area (Å²) >= 11 is 0. The molecule has 2 N–H and O–H groups in total. The van der Waals surface area contributed by atoms with Crippen LogP contribution in [0.5, 0.6) is 0 Å². The Labute approximate surface area is 194 Å². The van der Waals surface area contributed by atoms with Gasteiger partial charge >= 0.3 is 0 Å². The van der Waals surface area contributed by atoms with E-state index < -0.39 is 25.7 Å². The summed E-state index contributed by atoms with van der Waals surface area (Å²) in [6, 6.07) is 14.9. The number of halogens is 1. The van der Waals surface area contributed by atoms with Crippen molar-refractivity contribution in [1.82, 2.24) is 0 Å². The monoisotopic (exact) mass is 470 g/mol. The standard InChI is InChI=1S/C25H31FN2O4Si/c1-16-23(33(3,4)26)22(12-13-29)32-25(16)20-10-5-6-11-21(20)28(24(25)31)15-18-8-7-9-19(14-18)27-17(2)30/h5-11,14,16,22-23,29H,12-13,15H2,1-4H3,(H,27,30)/t16-,22+,23-,25+/m1/s1. The highest BCUT2D eigenvalue weighted by Crippen LogP contribution is 2.60. The van der Waals surface area contributed by atoms with Crippen molar-refractivity contribution < 1.29 is 23.5 Å². The molecule has 0 unspecified atom stereocenters. The highest BCUT2D eigenvalue weighted by Gasteiger charge is 2.66. The van der Waals surface area contributed by atoms with Crippen LogP contribution < -0.4 is 10.2 Å². The SMILES string of the molecule is CC(=O)Nc1cccc(CN2C(=O)[C@@]3(O[C@@H](CCO)[C@H]([Si](C)(C)F)[C@H]3C)c3ccccc32)c1. The van der Waals surface area contributed by atoms with Gasteiger partial charge < -0.3 is 24.2 Å². The maximum Gasteiger partial charge on any atom is 0.264 e. The van der Waals surface area contributed by atoms with Crippen molar-refractivity contribution in [2.24, 2.45) is 5.92 Å². The quantitative estimate of drug-likeness (QED) is 0.486. The Kier molecular flexibility index (Phi) is 6.20. The summed E-state index contributed by atoms with van der Waals surface area (Å²) in [6.07, 6.45) is -0.220. The second-order valence-electron chi connectivity index (χ2n) is 9.57. The van der Waals surface area contributed by atoms with Crippen LogP contribution in [0, 0.1) is 5.92 Å². The molecular formula is C25H31FN2O4Si. The van der Waals surface area contributed by atoms with E-state index in [1.165, 1.54) is 6.92 Å². The smallest absolute Gasteiger partial charge is 0.264 e. The topological polar surface area (TPSA) is 78.9 Å². The molecule has 0 aromatic heterocycles. The number of carbonyl (C=O) groups excluding carboxylic acids is 2. The summed E-state index contributed by atoms with van der Waals surface area (Å²) in [5.41, 5.74) is 1.34. The lowest BCUT2D eigenvalue weighted by molar-refractivity contribution is -0.146. The minimum absolute atomic E-state index is 0.121. The van der Waals surface area contributed by atoms with E-state index in [-0.39, 0.29) is 24.3 Å². The summed E-state index contributed by atoms with van der Waals surface area (Å²) < 4.78 is 21.9. The Morgan fingerprint density at radius 2 is 1.97 bits per heavy atom. The number of hydrogen-bond acceptors (Lipinski definition) is 4. The average molecular weight is 471 g/mol.